The summed E-state index contributed by atoms with van der Waals surface area (Å²) in [5.41, 5.74) is 2.43. The third kappa shape index (κ3) is 4.17. The number of nitrogens with zero attached hydrogens (tertiary/aromatic N) is 2. The summed E-state index contributed by atoms with van der Waals surface area (Å²) in [6.45, 7) is 2.07. The number of benzene rings is 6. The number of hydrogen-bond acceptors (Lipinski definition) is 2. The molecule has 1 aliphatic heterocycles. The summed E-state index contributed by atoms with van der Waals surface area (Å²) < 4.78 is 0. The van der Waals surface area contributed by atoms with Gasteiger partial charge >= 0.3 is 0 Å². The molecule has 1 aliphatic rings. The molecule has 1 heterocycles. The summed E-state index contributed by atoms with van der Waals surface area (Å²) in [5, 5.41) is 11.2. The van der Waals surface area contributed by atoms with Gasteiger partial charge < -0.3 is 9.80 Å². The maximum absolute atomic E-state index is 6.73. The lowest BCUT2D eigenvalue weighted by Gasteiger charge is -2.23. The van der Waals surface area contributed by atoms with Crippen LogP contribution in [0.4, 0.5) is 0 Å². The third-order valence-corrected chi connectivity index (χ3v) is 8.29. The average Bonchev–Trinajstić information content (AvgIpc) is 3.18. The van der Waals surface area contributed by atoms with E-state index >= 15 is 0 Å². The summed E-state index contributed by atoms with van der Waals surface area (Å²) in [4.78, 5) is 4.28. The molecule has 0 unspecified atom stereocenters. The Morgan fingerprint density at radius 1 is 0.432 bits per heavy atom. The van der Waals surface area contributed by atoms with Gasteiger partial charge in [-0.25, -0.2) is 0 Å². The first kappa shape index (κ1) is 22.5. The van der Waals surface area contributed by atoms with Crippen LogP contribution in [0.15, 0.2) is 120 Å². The first-order valence-electron chi connectivity index (χ1n) is 12.5. The number of halogens is 2. The second-order valence-electron chi connectivity index (χ2n) is 9.88. The molecule has 0 saturated heterocycles. The second kappa shape index (κ2) is 8.99. The van der Waals surface area contributed by atoms with Crippen molar-refractivity contribution < 1.29 is 0 Å². The van der Waals surface area contributed by atoms with Gasteiger partial charge in [-0.05, 0) is 90.6 Å². The predicted octanol–water partition coefficient (Wildman–Crippen LogP) is 9.18. The van der Waals surface area contributed by atoms with Gasteiger partial charge in [0.25, 0.3) is 0 Å². The highest BCUT2D eigenvalue weighted by molar-refractivity contribution is 6.38. The molecule has 0 N–H and O–H groups in total. The molecule has 37 heavy (non-hydrogen) atoms. The summed E-state index contributed by atoms with van der Waals surface area (Å²) in [7, 11) is 0. The molecule has 0 saturated carbocycles. The van der Waals surface area contributed by atoms with Crippen LogP contribution in [0.5, 0.6) is 0 Å². The maximum atomic E-state index is 6.73. The Kier molecular flexibility index (Phi) is 5.46. The van der Waals surface area contributed by atoms with Gasteiger partial charge in [0, 0.05) is 13.1 Å². The first-order valence-corrected chi connectivity index (χ1v) is 13.2. The van der Waals surface area contributed by atoms with E-state index in [0.717, 1.165) is 0 Å². The minimum absolute atomic E-state index is 0.604. The number of fused-ring (bicyclic) bond motifs is 4. The Labute approximate surface area is 225 Å². The zero-order chi connectivity index (χ0) is 24.9. The van der Waals surface area contributed by atoms with Crippen LogP contribution in [0.3, 0.4) is 0 Å². The number of hydrogen-bond donors (Lipinski definition) is 0. The highest BCUT2D eigenvalue weighted by Gasteiger charge is 2.27. The Bertz CT molecular complexity index is 1720. The van der Waals surface area contributed by atoms with Gasteiger partial charge in [-0.15, -0.1) is 0 Å². The lowest BCUT2D eigenvalue weighted by Crippen LogP contribution is -2.26. The van der Waals surface area contributed by atoms with Crippen LogP contribution in [0.2, 0.25) is 0 Å². The number of rotatable bonds is 4. The van der Waals surface area contributed by atoms with Crippen LogP contribution in [-0.2, 0) is 13.1 Å². The van der Waals surface area contributed by atoms with Crippen LogP contribution < -0.4 is 0 Å². The first-order chi connectivity index (χ1) is 18.1. The second-order valence-corrected chi connectivity index (χ2v) is 10.6. The lowest BCUT2D eigenvalue weighted by molar-refractivity contribution is 0.248. The van der Waals surface area contributed by atoms with Gasteiger partial charge in [-0.1, -0.05) is 96.0 Å². The monoisotopic (exact) mass is 518 g/mol. The molecule has 0 bridgehead atoms. The van der Waals surface area contributed by atoms with E-state index in [0.29, 0.717) is 30.1 Å². The molecule has 180 valence electrons. The molecule has 0 fully saturated rings. The van der Waals surface area contributed by atoms with E-state index in [9.17, 15) is 0 Å². The fourth-order valence-electron chi connectivity index (χ4n) is 5.45. The minimum Gasteiger partial charge on any atom is -0.338 e. The van der Waals surface area contributed by atoms with E-state index in [-0.39, 0.29) is 0 Å². The molecular formula is C33H24Cl2N2. The maximum Gasteiger partial charge on any atom is 0.142 e. The molecule has 0 radical (unpaired) electrons. The van der Waals surface area contributed by atoms with Crippen LogP contribution in [0.25, 0.3) is 43.1 Å². The van der Waals surface area contributed by atoms with Crippen LogP contribution in [0.1, 0.15) is 11.1 Å². The standard InChI is InChI=1S/C33H24Cl2N2/c34-32-33(35)37(20-23-10-12-29-16-25-6-2-4-8-27(25)18-31(29)14-23)21-36(32)19-22-9-11-28-15-24-5-1-3-7-26(24)17-30(28)13-22/h1-18H,19-21H2. The van der Waals surface area contributed by atoms with Crippen molar-refractivity contribution in [2.75, 3.05) is 6.67 Å². The summed E-state index contributed by atoms with van der Waals surface area (Å²) >= 11 is 13.5. The van der Waals surface area contributed by atoms with Gasteiger partial charge in [-0.3, -0.25) is 0 Å². The quantitative estimate of drug-likeness (QED) is 0.169. The summed E-state index contributed by atoms with van der Waals surface area (Å²) in [5.74, 6) is 0. The van der Waals surface area contributed by atoms with Gasteiger partial charge in [0.1, 0.15) is 10.3 Å². The zero-order valence-corrected chi connectivity index (χ0v) is 21.7. The van der Waals surface area contributed by atoms with Crippen LogP contribution in [-0.4, -0.2) is 16.5 Å². The zero-order valence-electron chi connectivity index (χ0n) is 20.2. The predicted molar refractivity (Wildman–Crippen MR) is 158 cm³/mol. The van der Waals surface area contributed by atoms with Crippen molar-refractivity contribution in [1.82, 2.24) is 9.80 Å². The normalized spacial score (nSPS) is 14.1. The molecule has 7 rings (SSSR count). The van der Waals surface area contributed by atoms with E-state index in [1.54, 1.807) is 0 Å². The molecule has 0 atom stereocenters. The molecule has 6 aromatic rings. The van der Waals surface area contributed by atoms with Gasteiger partial charge in [0.15, 0.2) is 0 Å². The summed E-state index contributed by atoms with van der Waals surface area (Å²) in [6.07, 6.45) is 0. The van der Waals surface area contributed by atoms with Gasteiger partial charge in [0.05, 0.1) is 6.67 Å². The van der Waals surface area contributed by atoms with Crippen molar-refractivity contribution in [1.29, 1.82) is 0 Å². The largest absolute Gasteiger partial charge is 0.338 e. The molecule has 2 nitrogen and oxygen atoms in total. The third-order valence-electron chi connectivity index (χ3n) is 7.35. The Hall–Kier alpha value is -3.72. The van der Waals surface area contributed by atoms with Crippen molar-refractivity contribution in [2.45, 2.75) is 13.1 Å². The van der Waals surface area contributed by atoms with E-state index in [2.05, 4.69) is 119 Å². The highest BCUT2D eigenvalue weighted by Crippen LogP contribution is 2.33. The van der Waals surface area contributed by atoms with E-state index in [4.69, 9.17) is 23.2 Å². The van der Waals surface area contributed by atoms with E-state index in [1.807, 2.05) is 0 Å². The Balaban J connectivity index is 1.12. The smallest absolute Gasteiger partial charge is 0.142 e. The van der Waals surface area contributed by atoms with E-state index in [1.165, 1.54) is 54.2 Å². The van der Waals surface area contributed by atoms with Crippen molar-refractivity contribution in [3.8, 4) is 0 Å². The molecule has 4 heteroatoms. The van der Waals surface area contributed by atoms with Crippen LogP contribution in [0, 0.1) is 0 Å². The van der Waals surface area contributed by atoms with Crippen molar-refractivity contribution in [2.24, 2.45) is 0 Å². The van der Waals surface area contributed by atoms with Crippen molar-refractivity contribution in [3.05, 3.63) is 131 Å². The molecule has 0 aliphatic carbocycles. The SMILES string of the molecule is ClC1=C(Cl)N(Cc2ccc3cc4ccccc4cc3c2)CN1Cc1ccc2cc3ccccc3cc2c1. The molecular weight excluding hydrogens is 495 g/mol. The minimum atomic E-state index is 0.604. The topological polar surface area (TPSA) is 6.48 Å². The molecule has 6 aromatic carbocycles. The molecule has 0 aromatic heterocycles. The highest BCUT2D eigenvalue weighted by atomic mass is 35.5. The molecule has 0 amide bonds. The summed E-state index contributed by atoms with van der Waals surface area (Å²) in [6, 6.07) is 39.3. The molecule has 0 spiro atoms. The Morgan fingerprint density at radius 3 is 1.19 bits per heavy atom. The fraction of sp³-hybridized carbons (Fsp3) is 0.0909. The van der Waals surface area contributed by atoms with Crippen LogP contribution >= 0.6 is 23.2 Å². The fourth-order valence-corrected chi connectivity index (χ4v) is 5.91. The average molecular weight is 519 g/mol. The lowest BCUT2D eigenvalue weighted by atomic mass is 10.0. The van der Waals surface area contributed by atoms with E-state index < -0.39 is 0 Å². The van der Waals surface area contributed by atoms with Crippen molar-refractivity contribution in [3.63, 3.8) is 0 Å². The Morgan fingerprint density at radius 2 is 0.784 bits per heavy atom. The van der Waals surface area contributed by atoms with Gasteiger partial charge in [0.2, 0.25) is 0 Å². The van der Waals surface area contributed by atoms with Crippen molar-refractivity contribution >= 4 is 66.3 Å². The van der Waals surface area contributed by atoms with Gasteiger partial charge in [-0.2, -0.15) is 0 Å².